The lowest BCUT2D eigenvalue weighted by Gasteiger charge is -2.15. The molecule has 0 saturated carbocycles. The average molecular weight is 396 g/mol. The third kappa shape index (κ3) is 7.16. The smallest absolute Gasteiger partial charge is 0.169 e. The summed E-state index contributed by atoms with van der Waals surface area (Å²) in [5.41, 5.74) is 3.61. The molecule has 0 aliphatic carbocycles. The topological polar surface area (TPSA) is 22.4 Å². The molecule has 0 radical (unpaired) electrons. The zero-order valence-electron chi connectivity index (χ0n) is 17.3. The molecular weight excluding hydrogens is 364 g/mol. The second-order valence-electron chi connectivity index (χ2n) is 6.65. The number of nitrogens with one attached hydrogen (secondary N) is 1. The lowest BCUT2D eigenvalue weighted by atomic mass is 10.1. The molecule has 0 amide bonds. The summed E-state index contributed by atoms with van der Waals surface area (Å²) in [5, 5.41) is 4.02. The summed E-state index contributed by atoms with van der Waals surface area (Å²) in [7, 11) is 8.00. The number of hydrogen-bond acceptors (Lipinski definition) is 4. The zero-order valence-corrected chi connectivity index (χ0v) is 18.1. The molecule has 2 rings (SSSR count). The van der Waals surface area contributed by atoms with E-state index in [-0.39, 0.29) is 0 Å². The van der Waals surface area contributed by atoms with Gasteiger partial charge in [-0.3, -0.25) is 0 Å². The Labute approximate surface area is 173 Å². The molecule has 1 heterocycles. The van der Waals surface area contributed by atoms with Gasteiger partial charge in [0, 0.05) is 58.4 Å². The number of nitrogens with zero attached hydrogens (tertiary/aromatic N) is 3. The summed E-state index contributed by atoms with van der Waals surface area (Å²) in [5.74, 6) is 0.981. The van der Waals surface area contributed by atoms with Crippen LogP contribution in [0.25, 0.3) is 12.2 Å². The van der Waals surface area contributed by atoms with Crippen LogP contribution in [0.3, 0.4) is 0 Å². The van der Waals surface area contributed by atoms with Crippen molar-refractivity contribution in [1.29, 1.82) is 0 Å². The summed E-state index contributed by atoms with van der Waals surface area (Å²) >= 11 is 1.76. The fourth-order valence-corrected chi connectivity index (χ4v) is 3.25. The maximum absolute atomic E-state index is 4.11. The SMILES string of the molecule is C=C(SCC[n+]1ccc(/C=C/c2ccc(N(C)C)cc2)cc1)N(C)/C=C\NC. The summed E-state index contributed by atoms with van der Waals surface area (Å²) in [6.07, 6.45) is 12.4. The van der Waals surface area contributed by atoms with E-state index in [2.05, 4.69) is 96.4 Å². The molecule has 1 N–H and O–H groups in total. The van der Waals surface area contributed by atoms with E-state index in [1.807, 2.05) is 31.4 Å². The van der Waals surface area contributed by atoms with Crippen LogP contribution in [0.5, 0.6) is 0 Å². The van der Waals surface area contributed by atoms with E-state index < -0.39 is 0 Å². The number of thioether (sulfide) groups is 1. The van der Waals surface area contributed by atoms with Gasteiger partial charge in [-0.25, -0.2) is 4.57 Å². The third-order valence-corrected chi connectivity index (χ3v) is 5.28. The Bertz CT molecular complexity index is 792. The summed E-state index contributed by atoms with van der Waals surface area (Å²) in [6.45, 7) is 5.06. The van der Waals surface area contributed by atoms with Crippen LogP contribution in [0.1, 0.15) is 11.1 Å². The van der Waals surface area contributed by atoms with Crippen LogP contribution in [0.15, 0.2) is 72.8 Å². The molecular formula is C23H31N4S+. The van der Waals surface area contributed by atoms with E-state index >= 15 is 0 Å². The van der Waals surface area contributed by atoms with Crippen LogP contribution in [-0.4, -0.2) is 38.8 Å². The van der Waals surface area contributed by atoms with Gasteiger partial charge < -0.3 is 15.1 Å². The second-order valence-corrected chi connectivity index (χ2v) is 7.81. The van der Waals surface area contributed by atoms with Gasteiger partial charge in [0.1, 0.15) is 0 Å². The van der Waals surface area contributed by atoms with Gasteiger partial charge in [-0.15, -0.1) is 11.8 Å². The lowest BCUT2D eigenvalue weighted by molar-refractivity contribution is -0.692. The lowest BCUT2D eigenvalue weighted by Crippen LogP contribution is -2.33. The monoisotopic (exact) mass is 395 g/mol. The molecule has 148 valence electrons. The first kappa shape index (κ1) is 21.6. The highest BCUT2D eigenvalue weighted by molar-refractivity contribution is 8.02. The van der Waals surface area contributed by atoms with Gasteiger partial charge in [0.05, 0.1) is 10.8 Å². The summed E-state index contributed by atoms with van der Waals surface area (Å²) in [4.78, 5) is 4.12. The zero-order chi connectivity index (χ0) is 20.4. The van der Waals surface area contributed by atoms with E-state index in [9.17, 15) is 0 Å². The minimum Gasteiger partial charge on any atom is -0.393 e. The number of aryl methyl sites for hydroxylation is 1. The molecule has 0 saturated heterocycles. The molecule has 0 atom stereocenters. The standard InChI is InChI=1S/C23H31N4S/c1-20(26(5)17-14-24-2)28-19-18-27-15-12-22(13-16-27)7-6-21-8-10-23(11-9-21)25(3)4/h6-17,24H,1,18-19H2,2-5H3/q+1/b17-14-. The van der Waals surface area contributed by atoms with Crippen molar-refractivity contribution in [3.63, 3.8) is 0 Å². The first-order valence-corrected chi connectivity index (χ1v) is 10.3. The molecule has 28 heavy (non-hydrogen) atoms. The number of hydrogen-bond donors (Lipinski definition) is 1. The van der Waals surface area contributed by atoms with Crippen molar-refractivity contribution in [2.45, 2.75) is 6.54 Å². The Morgan fingerprint density at radius 3 is 2.21 bits per heavy atom. The number of benzene rings is 1. The van der Waals surface area contributed by atoms with E-state index in [0.29, 0.717) is 0 Å². The van der Waals surface area contributed by atoms with Crippen molar-refractivity contribution < 1.29 is 4.57 Å². The Morgan fingerprint density at radius 1 is 1.04 bits per heavy atom. The predicted molar refractivity (Wildman–Crippen MR) is 124 cm³/mol. The molecule has 5 heteroatoms. The molecule has 1 aromatic heterocycles. The number of rotatable bonds is 10. The fraction of sp³-hybridized carbons (Fsp3) is 0.261. The van der Waals surface area contributed by atoms with Crippen LogP contribution in [-0.2, 0) is 6.54 Å². The predicted octanol–water partition coefficient (Wildman–Crippen LogP) is 4.04. The molecule has 0 aliphatic heterocycles. The minimum atomic E-state index is 0.948. The minimum absolute atomic E-state index is 0.948. The number of aromatic nitrogens is 1. The molecule has 0 bridgehead atoms. The highest BCUT2D eigenvalue weighted by atomic mass is 32.2. The molecule has 0 spiro atoms. The molecule has 0 unspecified atom stereocenters. The van der Waals surface area contributed by atoms with Gasteiger partial charge in [0.25, 0.3) is 0 Å². The molecule has 1 aromatic carbocycles. The van der Waals surface area contributed by atoms with Crippen molar-refractivity contribution in [3.05, 3.63) is 83.9 Å². The van der Waals surface area contributed by atoms with Crippen molar-refractivity contribution in [2.75, 3.05) is 38.8 Å². The van der Waals surface area contributed by atoms with Gasteiger partial charge in [0.15, 0.2) is 18.9 Å². The second kappa shape index (κ2) is 11.2. The molecule has 0 fully saturated rings. The Balaban J connectivity index is 1.82. The van der Waals surface area contributed by atoms with Gasteiger partial charge in [-0.05, 0) is 23.3 Å². The Morgan fingerprint density at radius 2 is 1.64 bits per heavy atom. The van der Waals surface area contributed by atoms with Gasteiger partial charge in [-0.1, -0.05) is 30.9 Å². The fourth-order valence-electron chi connectivity index (χ4n) is 2.45. The van der Waals surface area contributed by atoms with Gasteiger partial charge >= 0.3 is 0 Å². The first-order chi connectivity index (χ1) is 13.5. The van der Waals surface area contributed by atoms with E-state index in [0.717, 1.165) is 17.3 Å². The van der Waals surface area contributed by atoms with Crippen LogP contribution in [0, 0.1) is 0 Å². The third-order valence-electron chi connectivity index (χ3n) is 4.27. The maximum Gasteiger partial charge on any atom is 0.169 e. The number of anilines is 1. The average Bonchev–Trinajstić information content (AvgIpc) is 2.71. The van der Waals surface area contributed by atoms with Crippen LogP contribution < -0.4 is 14.8 Å². The Kier molecular flexibility index (Phi) is 8.69. The quantitative estimate of drug-likeness (QED) is 0.613. The molecule has 4 nitrogen and oxygen atoms in total. The molecule has 0 aliphatic rings. The van der Waals surface area contributed by atoms with E-state index in [1.165, 1.54) is 16.8 Å². The van der Waals surface area contributed by atoms with Gasteiger partial charge in [-0.2, -0.15) is 0 Å². The number of pyridine rings is 1. The van der Waals surface area contributed by atoms with Gasteiger partial charge in [0.2, 0.25) is 0 Å². The summed E-state index contributed by atoms with van der Waals surface area (Å²) in [6, 6.07) is 12.8. The van der Waals surface area contributed by atoms with Crippen LogP contribution >= 0.6 is 11.8 Å². The van der Waals surface area contributed by atoms with Crippen molar-refractivity contribution in [1.82, 2.24) is 10.2 Å². The van der Waals surface area contributed by atoms with Crippen molar-refractivity contribution >= 4 is 29.6 Å². The van der Waals surface area contributed by atoms with Crippen molar-refractivity contribution in [3.8, 4) is 0 Å². The largest absolute Gasteiger partial charge is 0.393 e. The first-order valence-electron chi connectivity index (χ1n) is 9.32. The molecule has 2 aromatic rings. The highest BCUT2D eigenvalue weighted by Gasteiger charge is 2.04. The maximum atomic E-state index is 4.11. The highest BCUT2D eigenvalue weighted by Crippen LogP contribution is 2.17. The van der Waals surface area contributed by atoms with Crippen LogP contribution in [0.2, 0.25) is 0 Å². The Hall–Kier alpha value is -2.66. The van der Waals surface area contributed by atoms with E-state index in [4.69, 9.17) is 0 Å². The van der Waals surface area contributed by atoms with Crippen LogP contribution in [0.4, 0.5) is 5.69 Å². The van der Waals surface area contributed by atoms with E-state index in [1.54, 1.807) is 11.8 Å². The normalized spacial score (nSPS) is 11.1. The van der Waals surface area contributed by atoms with Crippen molar-refractivity contribution in [2.24, 2.45) is 0 Å². The summed E-state index contributed by atoms with van der Waals surface area (Å²) < 4.78 is 2.20.